The molecule has 0 bridgehead atoms. The second kappa shape index (κ2) is 10.1. The number of hydrogen-bond acceptors (Lipinski definition) is 2. The zero-order valence-electron chi connectivity index (χ0n) is 19.6. The third kappa shape index (κ3) is 4.49. The molecule has 0 amide bonds. The molecule has 5 rings (SSSR count). The number of aromatic nitrogens is 1. The molecule has 0 unspecified atom stereocenters. The van der Waals surface area contributed by atoms with E-state index in [0.29, 0.717) is 17.8 Å². The van der Waals surface area contributed by atoms with Gasteiger partial charge in [0.15, 0.2) is 5.60 Å². The van der Waals surface area contributed by atoms with Gasteiger partial charge in [-0.1, -0.05) is 78.9 Å². The van der Waals surface area contributed by atoms with E-state index in [-0.39, 0.29) is 5.70 Å². The van der Waals surface area contributed by atoms with Gasteiger partial charge in [0.1, 0.15) is 5.76 Å². The second-order valence-electron chi connectivity index (χ2n) is 8.50. The van der Waals surface area contributed by atoms with Crippen LogP contribution in [0, 0.1) is 17.9 Å². The fraction of sp³-hybridized carbons (Fsp3) is 0.0625. The molecule has 0 saturated heterocycles. The highest BCUT2D eigenvalue weighted by Crippen LogP contribution is 2.45. The first-order valence-corrected chi connectivity index (χ1v) is 11.7. The van der Waals surface area contributed by atoms with Gasteiger partial charge in [-0.25, -0.2) is 10.1 Å². The number of rotatable bonds is 5. The maximum Gasteiger partial charge on any atom is 0.265 e. The van der Waals surface area contributed by atoms with E-state index in [1.54, 1.807) is 0 Å². The molecule has 1 aliphatic rings. The highest BCUT2D eigenvalue weighted by atomic mass is 16.5. The van der Waals surface area contributed by atoms with Gasteiger partial charge in [-0.05, 0) is 47.6 Å². The van der Waals surface area contributed by atoms with Crippen LogP contribution in [-0.2, 0) is 10.3 Å². The van der Waals surface area contributed by atoms with Gasteiger partial charge in [0, 0.05) is 35.6 Å². The molecule has 0 spiro atoms. The number of benzene rings is 3. The van der Waals surface area contributed by atoms with Crippen molar-refractivity contribution in [3.8, 4) is 11.8 Å². The lowest BCUT2D eigenvalue weighted by Gasteiger charge is -2.39. The number of ether oxygens (including phenoxy) is 1. The fourth-order valence-electron chi connectivity index (χ4n) is 4.51. The van der Waals surface area contributed by atoms with Crippen molar-refractivity contribution in [2.24, 2.45) is 0 Å². The second-order valence-corrected chi connectivity index (χ2v) is 8.50. The highest BCUT2D eigenvalue weighted by molar-refractivity contribution is 5.57. The summed E-state index contributed by atoms with van der Waals surface area (Å²) < 4.78 is 8.80. The summed E-state index contributed by atoms with van der Waals surface area (Å²) in [5, 5.41) is 9.68. The fourth-order valence-corrected chi connectivity index (χ4v) is 4.51. The molecule has 36 heavy (non-hydrogen) atoms. The molecule has 172 valence electrons. The molecule has 4 nitrogen and oxygen atoms in total. The molecule has 2 heterocycles. The van der Waals surface area contributed by atoms with E-state index in [2.05, 4.69) is 27.6 Å². The van der Waals surface area contributed by atoms with Crippen LogP contribution in [0.4, 0.5) is 0 Å². The van der Waals surface area contributed by atoms with Crippen molar-refractivity contribution in [3.05, 3.63) is 167 Å². The Hall–Kier alpha value is -5.06. The first kappa shape index (κ1) is 22.7. The summed E-state index contributed by atoms with van der Waals surface area (Å²) in [4.78, 5) is 3.51. The van der Waals surface area contributed by atoms with Gasteiger partial charge in [0.2, 0.25) is 0 Å². The molecule has 1 aromatic heterocycles. The molecule has 0 atom stereocenters. The van der Waals surface area contributed by atoms with Crippen molar-refractivity contribution in [2.75, 3.05) is 0 Å². The van der Waals surface area contributed by atoms with Crippen molar-refractivity contribution >= 4 is 6.08 Å². The van der Waals surface area contributed by atoms with Crippen LogP contribution in [0.1, 0.15) is 23.1 Å². The van der Waals surface area contributed by atoms with Gasteiger partial charge >= 0.3 is 0 Å². The average Bonchev–Trinajstić information content (AvgIpc) is 3.49. The molecule has 0 radical (unpaired) electrons. The van der Waals surface area contributed by atoms with Gasteiger partial charge in [-0.2, -0.15) is 0 Å². The molecule has 4 aromatic rings. The third-order valence-corrected chi connectivity index (χ3v) is 6.29. The Morgan fingerprint density at radius 2 is 1.47 bits per heavy atom. The van der Waals surface area contributed by atoms with E-state index in [1.165, 1.54) is 0 Å². The van der Waals surface area contributed by atoms with E-state index < -0.39 is 5.60 Å². The van der Waals surface area contributed by atoms with E-state index in [4.69, 9.17) is 11.3 Å². The Balaban J connectivity index is 1.57. The van der Waals surface area contributed by atoms with Gasteiger partial charge in [0.25, 0.3) is 5.70 Å². The monoisotopic (exact) mass is 465 g/mol. The maximum atomic E-state index is 9.68. The van der Waals surface area contributed by atoms with E-state index >= 15 is 0 Å². The van der Waals surface area contributed by atoms with Crippen LogP contribution in [-0.4, -0.2) is 4.57 Å². The first-order valence-electron chi connectivity index (χ1n) is 11.7. The molecule has 4 heteroatoms. The minimum Gasteiger partial charge on any atom is -0.478 e. The predicted octanol–water partition coefficient (Wildman–Crippen LogP) is 7.44. The quantitative estimate of drug-likeness (QED) is 0.227. The zero-order valence-corrected chi connectivity index (χ0v) is 19.6. The molecule has 0 saturated carbocycles. The van der Waals surface area contributed by atoms with Gasteiger partial charge in [-0.3, -0.25) is 0 Å². The van der Waals surface area contributed by atoms with E-state index in [0.717, 1.165) is 22.4 Å². The lowest BCUT2D eigenvalue weighted by atomic mass is 9.79. The SMILES string of the molecule is [C-]#[N+]C(C#N)=C1C=C(C=Cc2ccc(-n3cccc3)cc2)OC(c2ccccc2)(c2ccccc2)C1. The summed E-state index contributed by atoms with van der Waals surface area (Å²) in [5.74, 6) is 0.592. The Morgan fingerprint density at radius 1 is 0.861 bits per heavy atom. The summed E-state index contributed by atoms with van der Waals surface area (Å²) in [6.45, 7) is 7.57. The topological polar surface area (TPSA) is 42.3 Å². The average molecular weight is 466 g/mol. The highest BCUT2D eigenvalue weighted by Gasteiger charge is 2.40. The Bertz CT molecular complexity index is 1460. The summed E-state index contributed by atoms with van der Waals surface area (Å²) in [6, 6.07) is 34.3. The number of hydrogen-bond donors (Lipinski definition) is 0. The van der Waals surface area contributed by atoms with E-state index in [1.807, 2.05) is 116 Å². The summed E-state index contributed by atoms with van der Waals surface area (Å²) in [5.41, 5.74) is 3.90. The first-order chi connectivity index (χ1) is 17.7. The van der Waals surface area contributed by atoms with Crippen LogP contribution < -0.4 is 0 Å². The van der Waals surface area contributed by atoms with Crippen LogP contribution in [0.25, 0.3) is 16.6 Å². The van der Waals surface area contributed by atoms with Gasteiger partial charge in [0.05, 0.1) is 12.6 Å². The van der Waals surface area contributed by atoms with E-state index in [9.17, 15) is 5.26 Å². The third-order valence-electron chi connectivity index (χ3n) is 6.29. The van der Waals surface area contributed by atoms with Crippen LogP contribution in [0.5, 0.6) is 0 Å². The molecular weight excluding hydrogens is 442 g/mol. The van der Waals surface area contributed by atoms with Crippen molar-refractivity contribution < 1.29 is 4.74 Å². The number of allylic oxidation sites excluding steroid dienone is 3. The molecule has 0 N–H and O–H groups in total. The van der Waals surface area contributed by atoms with Crippen molar-refractivity contribution in [1.82, 2.24) is 4.57 Å². The summed E-state index contributed by atoms with van der Waals surface area (Å²) in [7, 11) is 0. The van der Waals surface area contributed by atoms with Crippen molar-refractivity contribution in [1.29, 1.82) is 5.26 Å². The van der Waals surface area contributed by atoms with Gasteiger partial charge < -0.3 is 9.30 Å². The molecule has 1 aliphatic heterocycles. The van der Waals surface area contributed by atoms with Crippen LogP contribution in [0.15, 0.2) is 139 Å². The number of nitriles is 1. The van der Waals surface area contributed by atoms with Gasteiger partial charge in [-0.15, -0.1) is 0 Å². The van der Waals surface area contributed by atoms with Crippen molar-refractivity contribution in [3.63, 3.8) is 0 Å². The zero-order chi connectivity index (χ0) is 24.8. The smallest absolute Gasteiger partial charge is 0.265 e. The molecule has 3 aromatic carbocycles. The molecular formula is C32H23N3O. The normalized spacial score (nSPS) is 15.9. The number of nitrogens with zero attached hydrogens (tertiary/aromatic N) is 3. The summed E-state index contributed by atoms with van der Waals surface area (Å²) in [6.07, 6.45) is 10.1. The predicted molar refractivity (Wildman–Crippen MR) is 141 cm³/mol. The largest absolute Gasteiger partial charge is 0.478 e. The molecule has 0 aliphatic carbocycles. The Labute approximate surface area is 211 Å². The Morgan fingerprint density at radius 3 is 2.03 bits per heavy atom. The van der Waals surface area contributed by atoms with Crippen LogP contribution in [0.3, 0.4) is 0 Å². The minimum absolute atomic E-state index is 0.0801. The molecule has 0 fully saturated rings. The van der Waals surface area contributed by atoms with Crippen LogP contribution in [0.2, 0.25) is 0 Å². The lowest BCUT2D eigenvalue weighted by molar-refractivity contribution is 0.0348. The maximum absolute atomic E-state index is 9.68. The lowest BCUT2D eigenvalue weighted by Crippen LogP contribution is -2.34. The minimum atomic E-state index is -0.864. The Kier molecular flexibility index (Phi) is 6.34. The summed E-state index contributed by atoms with van der Waals surface area (Å²) >= 11 is 0. The van der Waals surface area contributed by atoms with Crippen LogP contribution >= 0.6 is 0 Å². The standard InChI is InChI=1S/C32H23N3O/c1-34-31(24-33)26-22-30(19-16-25-14-17-29(18-15-25)35-20-8-9-21-35)36-32(23-26,27-10-4-2-5-11-27)28-12-6-3-7-13-28/h2-22H,23H2. The van der Waals surface area contributed by atoms with Crippen molar-refractivity contribution in [2.45, 2.75) is 12.0 Å².